The van der Waals surface area contributed by atoms with E-state index < -0.39 is 0 Å². The lowest BCUT2D eigenvalue weighted by atomic mass is 10.2. The van der Waals surface area contributed by atoms with Gasteiger partial charge < -0.3 is 9.30 Å². The summed E-state index contributed by atoms with van der Waals surface area (Å²) in [5, 5.41) is 11.5. The van der Waals surface area contributed by atoms with Crippen molar-refractivity contribution in [3.8, 4) is 11.9 Å². The molecule has 1 aromatic carbocycles. The van der Waals surface area contributed by atoms with Gasteiger partial charge in [0, 0.05) is 16.6 Å². The normalized spacial score (nSPS) is 12.2. The van der Waals surface area contributed by atoms with E-state index in [-0.39, 0.29) is 5.84 Å². The molecule has 0 unspecified atom stereocenters. The molecular weight excluding hydrogens is 413 g/mol. The van der Waals surface area contributed by atoms with E-state index >= 15 is 0 Å². The molecule has 0 spiro atoms. The Kier molecular flexibility index (Phi) is 6.06. The van der Waals surface area contributed by atoms with Gasteiger partial charge in [-0.3, -0.25) is 0 Å². The van der Waals surface area contributed by atoms with E-state index in [2.05, 4.69) is 15.0 Å². The van der Waals surface area contributed by atoms with Crippen molar-refractivity contribution in [3.63, 3.8) is 0 Å². The SMILES string of the molecule is COc1ccc(Cl)cc1C(/N=c1\sc(Cl)cn1Cc1cscn1)=N\C#N. The van der Waals surface area contributed by atoms with Crippen LogP contribution in [-0.4, -0.2) is 22.5 Å². The fourth-order valence-corrected chi connectivity index (χ4v) is 3.95. The van der Waals surface area contributed by atoms with Gasteiger partial charge in [-0.15, -0.1) is 11.3 Å². The summed E-state index contributed by atoms with van der Waals surface area (Å²) in [4.78, 5) is 13.2. The van der Waals surface area contributed by atoms with Gasteiger partial charge in [-0.1, -0.05) is 34.5 Å². The first-order valence-electron chi connectivity index (χ1n) is 7.19. The summed E-state index contributed by atoms with van der Waals surface area (Å²) in [7, 11) is 1.53. The quantitative estimate of drug-likeness (QED) is 0.358. The van der Waals surface area contributed by atoms with Crippen LogP contribution in [0.1, 0.15) is 11.3 Å². The molecule has 0 aliphatic carbocycles. The highest BCUT2D eigenvalue weighted by atomic mass is 35.5. The summed E-state index contributed by atoms with van der Waals surface area (Å²) in [6.45, 7) is 0.512. The van der Waals surface area contributed by atoms with Crippen molar-refractivity contribution in [3.05, 3.63) is 60.7 Å². The Labute approximate surface area is 167 Å². The molecule has 0 fully saturated rings. The Bertz CT molecular complexity index is 1050. The molecule has 6 nitrogen and oxygen atoms in total. The van der Waals surface area contributed by atoms with Crippen molar-refractivity contribution >= 4 is 51.7 Å². The number of nitrogens with zero attached hydrogens (tertiary/aromatic N) is 5. The molecule has 10 heteroatoms. The third kappa shape index (κ3) is 4.31. The fraction of sp³-hybridized carbons (Fsp3) is 0.125. The molecular formula is C16H11Cl2N5OS2. The van der Waals surface area contributed by atoms with Crippen LogP contribution in [0, 0.1) is 11.5 Å². The van der Waals surface area contributed by atoms with Crippen LogP contribution in [0.5, 0.6) is 5.75 Å². The lowest BCUT2D eigenvalue weighted by Crippen LogP contribution is -2.17. The molecule has 26 heavy (non-hydrogen) atoms. The summed E-state index contributed by atoms with van der Waals surface area (Å²) >= 11 is 15.0. The van der Waals surface area contributed by atoms with E-state index in [1.807, 2.05) is 9.95 Å². The molecule has 0 saturated heterocycles. The zero-order valence-corrected chi connectivity index (χ0v) is 16.5. The highest BCUT2D eigenvalue weighted by molar-refractivity contribution is 7.13. The van der Waals surface area contributed by atoms with Gasteiger partial charge in [0.2, 0.25) is 6.19 Å². The molecule has 0 atom stereocenters. The van der Waals surface area contributed by atoms with Gasteiger partial charge in [-0.25, -0.2) is 4.98 Å². The number of benzene rings is 1. The minimum Gasteiger partial charge on any atom is -0.496 e. The summed E-state index contributed by atoms with van der Waals surface area (Å²) in [6, 6.07) is 5.04. The number of ether oxygens (including phenoxy) is 1. The van der Waals surface area contributed by atoms with Crippen LogP contribution in [0.2, 0.25) is 9.36 Å². The molecule has 0 saturated carbocycles. The lowest BCUT2D eigenvalue weighted by molar-refractivity contribution is 0.414. The van der Waals surface area contributed by atoms with Crippen molar-refractivity contribution in [1.82, 2.24) is 9.55 Å². The monoisotopic (exact) mass is 423 g/mol. The van der Waals surface area contributed by atoms with Gasteiger partial charge >= 0.3 is 0 Å². The number of rotatable bonds is 4. The third-order valence-electron chi connectivity index (χ3n) is 3.27. The molecule has 0 aliphatic rings. The standard InChI is InChI=1S/C16H11Cl2N5OS2/c1-24-13-3-2-10(17)4-12(13)15(20-8-19)22-16-23(6-14(18)26-16)5-11-7-25-9-21-11/h2-4,6-7,9H,5H2,1H3/b20-15+,22-16-. The van der Waals surface area contributed by atoms with Crippen LogP contribution >= 0.6 is 45.9 Å². The average Bonchev–Trinajstić information content (AvgIpc) is 3.24. The number of methoxy groups -OCH3 is 1. The Morgan fingerprint density at radius 3 is 2.96 bits per heavy atom. The molecule has 0 radical (unpaired) electrons. The average molecular weight is 424 g/mol. The van der Waals surface area contributed by atoms with Crippen molar-refractivity contribution in [2.45, 2.75) is 6.54 Å². The first kappa shape index (κ1) is 18.6. The Morgan fingerprint density at radius 1 is 1.42 bits per heavy atom. The minimum atomic E-state index is 0.192. The predicted molar refractivity (Wildman–Crippen MR) is 104 cm³/mol. The molecule has 0 N–H and O–H groups in total. The van der Waals surface area contributed by atoms with Gasteiger partial charge in [-0.2, -0.15) is 15.2 Å². The Balaban J connectivity index is 2.11. The zero-order valence-electron chi connectivity index (χ0n) is 13.4. The van der Waals surface area contributed by atoms with Gasteiger partial charge in [-0.05, 0) is 18.2 Å². The summed E-state index contributed by atoms with van der Waals surface area (Å²) < 4.78 is 7.76. The van der Waals surface area contributed by atoms with Crippen LogP contribution in [0.3, 0.4) is 0 Å². The third-order valence-corrected chi connectivity index (χ3v) is 5.28. The number of aliphatic imine (C=N–C) groups is 1. The molecule has 132 valence electrons. The first-order valence-corrected chi connectivity index (χ1v) is 9.70. The van der Waals surface area contributed by atoms with E-state index in [0.717, 1.165) is 5.69 Å². The van der Waals surface area contributed by atoms with Crippen molar-refractivity contribution in [2.75, 3.05) is 7.11 Å². The van der Waals surface area contributed by atoms with E-state index in [1.54, 1.807) is 36.1 Å². The van der Waals surface area contributed by atoms with Crippen molar-refractivity contribution in [2.24, 2.45) is 9.98 Å². The maximum atomic E-state index is 9.08. The number of hydrogen-bond donors (Lipinski definition) is 0. The van der Waals surface area contributed by atoms with Crippen LogP contribution in [0.15, 0.2) is 45.3 Å². The molecule has 3 rings (SSSR count). The van der Waals surface area contributed by atoms with Crippen molar-refractivity contribution in [1.29, 1.82) is 5.26 Å². The molecule has 0 amide bonds. The van der Waals surface area contributed by atoms with Crippen LogP contribution in [0.4, 0.5) is 0 Å². The smallest absolute Gasteiger partial charge is 0.207 e. The Morgan fingerprint density at radius 2 is 2.27 bits per heavy atom. The van der Waals surface area contributed by atoms with Gasteiger partial charge in [0.1, 0.15) is 10.1 Å². The molecule has 2 heterocycles. The second-order valence-electron chi connectivity index (χ2n) is 4.92. The zero-order chi connectivity index (χ0) is 18.5. The number of thiazole rings is 2. The molecule has 0 aliphatic heterocycles. The largest absolute Gasteiger partial charge is 0.496 e. The highest BCUT2D eigenvalue weighted by Crippen LogP contribution is 2.24. The van der Waals surface area contributed by atoms with Crippen LogP contribution in [-0.2, 0) is 6.54 Å². The molecule has 0 bridgehead atoms. The van der Waals surface area contributed by atoms with Gasteiger partial charge in [0.05, 0.1) is 30.4 Å². The van der Waals surface area contributed by atoms with Crippen molar-refractivity contribution < 1.29 is 4.74 Å². The minimum absolute atomic E-state index is 0.192. The number of nitriles is 1. The fourth-order valence-electron chi connectivity index (χ4n) is 2.18. The summed E-state index contributed by atoms with van der Waals surface area (Å²) in [5.41, 5.74) is 3.18. The number of aromatic nitrogens is 2. The number of halogens is 2. The van der Waals surface area contributed by atoms with E-state index in [1.165, 1.54) is 29.8 Å². The van der Waals surface area contributed by atoms with Gasteiger partial charge in [0.25, 0.3) is 0 Å². The van der Waals surface area contributed by atoms with Crippen LogP contribution in [0.25, 0.3) is 0 Å². The topological polar surface area (TPSA) is 75.6 Å². The molecule has 3 aromatic rings. The summed E-state index contributed by atoms with van der Waals surface area (Å²) in [6.07, 6.45) is 3.54. The number of amidine groups is 1. The summed E-state index contributed by atoms with van der Waals surface area (Å²) in [5.74, 6) is 0.707. The Hall–Kier alpha value is -2.18. The number of hydrogen-bond acceptors (Lipinski definition) is 6. The lowest BCUT2D eigenvalue weighted by Gasteiger charge is -2.07. The second-order valence-corrected chi connectivity index (χ2v) is 7.71. The van der Waals surface area contributed by atoms with E-state index in [0.29, 0.717) is 32.0 Å². The van der Waals surface area contributed by atoms with E-state index in [9.17, 15) is 0 Å². The van der Waals surface area contributed by atoms with Crippen LogP contribution < -0.4 is 9.54 Å². The second kappa shape index (κ2) is 8.47. The highest BCUT2D eigenvalue weighted by Gasteiger charge is 2.12. The maximum Gasteiger partial charge on any atom is 0.207 e. The first-order chi connectivity index (χ1) is 12.6. The van der Waals surface area contributed by atoms with Gasteiger partial charge in [0.15, 0.2) is 10.6 Å². The maximum absolute atomic E-state index is 9.08. The predicted octanol–water partition coefficient (Wildman–Crippen LogP) is 4.20. The van der Waals surface area contributed by atoms with E-state index in [4.69, 9.17) is 33.2 Å². The molecule has 2 aromatic heterocycles.